The van der Waals surface area contributed by atoms with Crippen LogP contribution >= 0.6 is 0 Å². The molecule has 2 fully saturated rings. The Kier molecular flexibility index (Phi) is 5.61. The Morgan fingerprint density at radius 1 is 1.04 bits per heavy atom. The molecule has 2 atom stereocenters. The lowest BCUT2D eigenvalue weighted by Gasteiger charge is -2.27. The molecule has 136 valence electrons. The number of carbonyl (C=O) groups is 2. The minimum atomic E-state index is -0.865. The van der Waals surface area contributed by atoms with Gasteiger partial charge in [-0.2, -0.15) is 0 Å². The van der Waals surface area contributed by atoms with Gasteiger partial charge in [-0.1, -0.05) is 57.0 Å². The number of rotatable bonds is 9. The summed E-state index contributed by atoms with van der Waals surface area (Å²) in [7, 11) is 0. The molecule has 2 unspecified atom stereocenters. The number of Topliss-reactive ketones (excluding diaryl/α,β-unsaturated/α-hetero) is 1. The molecule has 1 aromatic carbocycles. The molecule has 1 saturated heterocycles. The average Bonchev–Trinajstić information content (AvgIpc) is 3.43. The van der Waals surface area contributed by atoms with Crippen LogP contribution < -0.4 is 0 Å². The Hall–Kier alpha value is -1.64. The summed E-state index contributed by atoms with van der Waals surface area (Å²) in [5.41, 5.74) is 0.248. The normalized spacial score (nSPS) is 23.5. The molecule has 1 aliphatic heterocycles. The Bertz CT molecular complexity index is 595. The number of ether oxygens (including phenoxy) is 1. The number of ketones is 1. The van der Waals surface area contributed by atoms with E-state index in [2.05, 4.69) is 26.0 Å². The number of esters is 1. The fourth-order valence-electron chi connectivity index (χ4n) is 4.27. The SMILES string of the molecule is CCCCC1(CCCC)OC(=O)C(C(c2ccccc2)C2CC2)C1=O. The number of cyclic esters (lactones) is 1. The number of hydrogen-bond donors (Lipinski definition) is 0. The summed E-state index contributed by atoms with van der Waals surface area (Å²) in [4.78, 5) is 26.3. The van der Waals surface area contributed by atoms with Gasteiger partial charge in [-0.15, -0.1) is 0 Å². The van der Waals surface area contributed by atoms with Crippen LogP contribution in [0.4, 0.5) is 0 Å². The highest BCUT2D eigenvalue weighted by Crippen LogP contribution is 2.51. The summed E-state index contributed by atoms with van der Waals surface area (Å²) in [5.74, 6) is -0.398. The van der Waals surface area contributed by atoms with Gasteiger partial charge in [0.15, 0.2) is 11.4 Å². The summed E-state index contributed by atoms with van der Waals surface area (Å²) < 4.78 is 5.87. The lowest BCUT2D eigenvalue weighted by Crippen LogP contribution is -2.39. The van der Waals surface area contributed by atoms with Gasteiger partial charge >= 0.3 is 5.97 Å². The van der Waals surface area contributed by atoms with E-state index in [4.69, 9.17) is 4.74 Å². The van der Waals surface area contributed by atoms with Crippen LogP contribution in [0, 0.1) is 11.8 Å². The van der Waals surface area contributed by atoms with Gasteiger partial charge in [0.2, 0.25) is 0 Å². The fraction of sp³-hybridized carbons (Fsp3) is 0.636. The lowest BCUT2D eigenvalue weighted by molar-refractivity contribution is -0.154. The molecule has 0 aromatic heterocycles. The predicted octanol–water partition coefficient (Wildman–Crippen LogP) is 5.04. The zero-order valence-corrected chi connectivity index (χ0v) is 15.5. The fourth-order valence-corrected chi connectivity index (χ4v) is 4.27. The van der Waals surface area contributed by atoms with Crippen LogP contribution in [0.25, 0.3) is 0 Å². The lowest BCUT2D eigenvalue weighted by atomic mass is 9.75. The van der Waals surface area contributed by atoms with E-state index >= 15 is 0 Å². The highest BCUT2D eigenvalue weighted by Gasteiger charge is 2.58. The second-order valence-corrected chi connectivity index (χ2v) is 7.74. The molecule has 25 heavy (non-hydrogen) atoms. The predicted molar refractivity (Wildman–Crippen MR) is 98.3 cm³/mol. The van der Waals surface area contributed by atoms with Crippen molar-refractivity contribution in [1.29, 1.82) is 0 Å². The molecule has 1 heterocycles. The van der Waals surface area contributed by atoms with Crippen LogP contribution in [-0.2, 0) is 14.3 Å². The van der Waals surface area contributed by atoms with E-state index in [9.17, 15) is 9.59 Å². The summed E-state index contributed by atoms with van der Waals surface area (Å²) in [5, 5.41) is 0. The van der Waals surface area contributed by atoms with Crippen LogP contribution in [0.3, 0.4) is 0 Å². The Labute approximate surface area is 151 Å². The van der Waals surface area contributed by atoms with Crippen molar-refractivity contribution in [3.8, 4) is 0 Å². The molecule has 1 saturated carbocycles. The monoisotopic (exact) mass is 342 g/mol. The molecule has 0 radical (unpaired) electrons. The first-order chi connectivity index (χ1) is 12.1. The van der Waals surface area contributed by atoms with E-state index in [1.54, 1.807) is 0 Å². The maximum absolute atomic E-state index is 13.5. The third-order valence-corrected chi connectivity index (χ3v) is 5.82. The van der Waals surface area contributed by atoms with E-state index < -0.39 is 11.5 Å². The molecule has 0 N–H and O–H groups in total. The van der Waals surface area contributed by atoms with Crippen molar-refractivity contribution < 1.29 is 14.3 Å². The van der Waals surface area contributed by atoms with Crippen molar-refractivity contribution in [2.24, 2.45) is 11.8 Å². The summed E-state index contributed by atoms with van der Waals surface area (Å²) in [6, 6.07) is 10.1. The number of benzene rings is 1. The van der Waals surface area contributed by atoms with E-state index in [1.807, 2.05) is 18.2 Å². The van der Waals surface area contributed by atoms with Crippen LogP contribution in [0.1, 0.15) is 76.7 Å². The maximum Gasteiger partial charge on any atom is 0.318 e. The molecule has 0 amide bonds. The molecule has 1 aromatic rings. The van der Waals surface area contributed by atoms with Crippen molar-refractivity contribution in [3.63, 3.8) is 0 Å². The second kappa shape index (κ2) is 7.72. The molecule has 0 bridgehead atoms. The van der Waals surface area contributed by atoms with E-state index in [0.717, 1.165) is 44.1 Å². The average molecular weight is 342 g/mol. The molecular weight excluding hydrogens is 312 g/mol. The molecule has 2 aliphatic rings. The Balaban J connectivity index is 1.90. The summed E-state index contributed by atoms with van der Waals surface area (Å²) in [6.07, 6.45) is 7.43. The van der Waals surface area contributed by atoms with Crippen LogP contribution in [0.5, 0.6) is 0 Å². The van der Waals surface area contributed by atoms with Gasteiger partial charge in [0.05, 0.1) is 0 Å². The molecular formula is C22H30O3. The van der Waals surface area contributed by atoms with Crippen molar-refractivity contribution in [2.45, 2.75) is 76.7 Å². The van der Waals surface area contributed by atoms with Crippen molar-refractivity contribution in [3.05, 3.63) is 35.9 Å². The first-order valence-electron chi connectivity index (χ1n) is 9.95. The second-order valence-electron chi connectivity index (χ2n) is 7.74. The minimum absolute atomic E-state index is 0.00803. The molecule has 1 aliphatic carbocycles. The topological polar surface area (TPSA) is 43.4 Å². The van der Waals surface area contributed by atoms with E-state index in [0.29, 0.717) is 18.8 Å². The van der Waals surface area contributed by atoms with Gasteiger partial charge in [0, 0.05) is 5.92 Å². The van der Waals surface area contributed by atoms with Crippen molar-refractivity contribution in [2.75, 3.05) is 0 Å². The largest absolute Gasteiger partial charge is 0.450 e. The molecule has 3 rings (SSSR count). The standard InChI is InChI=1S/C22H30O3/c1-3-5-14-22(15-6-4-2)20(23)19(21(24)25-22)18(17-12-13-17)16-10-8-7-9-11-16/h7-11,17-19H,3-6,12-15H2,1-2H3. The molecule has 3 heteroatoms. The van der Waals surface area contributed by atoms with Gasteiger partial charge in [0.25, 0.3) is 0 Å². The van der Waals surface area contributed by atoms with Crippen LogP contribution in [0.2, 0.25) is 0 Å². The van der Waals surface area contributed by atoms with Crippen LogP contribution in [0.15, 0.2) is 30.3 Å². The minimum Gasteiger partial charge on any atom is -0.450 e. The number of hydrogen-bond acceptors (Lipinski definition) is 3. The zero-order valence-electron chi connectivity index (χ0n) is 15.5. The Morgan fingerprint density at radius 2 is 1.64 bits per heavy atom. The van der Waals surface area contributed by atoms with Gasteiger partial charge < -0.3 is 4.74 Å². The maximum atomic E-state index is 13.5. The quantitative estimate of drug-likeness (QED) is 0.466. The number of unbranched alkanes of at least 4 members (excludes halogenated alkanes) is 2. The van der Waals surface area contributed by atoms with Gasteiger partial charge in [-0.3, -0.25) is 9.59 Å². The zero-order chi connectivity index (χ0) is 17.9. The molecule has 0 spiro atoms. The van der Waals surface area contributed by atoms with Crippen molar-refractivity contribution >= 4 is 11.8 Å². The highest BCUT2D eigenvalue weighted by atomic mass is 16.6. The van der Waals surface area contributed by atoms with Gasteiger partial charge in [0.1, 0.15) is 5.92 Å². The third kappa shape index (κ3) is 3.65. The van der Waals surface area contributed by atoms with Crippen LogP contribution in [-0.4, -0.2) is 17.4 Å². The van der Waals surface area contributed by atoms with Gasteiger partial charge in [-0.05, 0) is 50.0 Å². The summed E-state index contributed by atoms with van der Waals surface area (Å²) in [6.45, 7) is 4.23. The number of carbonyl (C=O) groups excluding carboxylic acids is 2. The van der Waals surface area contributed by atoms with E-state index in [-0.39, 0.29) is 17.7 Å². The first kappa shape index (κ1) is 18.2. The van der Waals surface area contributed by atoms with Crippen molar-refractivity contribution in [1.82, 2.24) is 0 Å². The third-order valence-electron chi connectivity index (χ3n) is 5.82. The van der Waals surface area contributed by atoms with Gasteiger partial charge in [-0.25, -0.2) is 0 Å². The van der Waals surface area contributed by atoms with E-state index in [1.165, 1.54) is 0 Å². The smallest absolute Gasteiger partial charge is 0.318 e. The Morgan fingerprint density at radius 3 is 2.16 bits per heavy atom. The molecule has 3 nitrogen and oxygen atoms in total. The highest BCUT2D eigenvalue weighted by molar-refractivity contribution is 6.10. The first-order valence-corrected chi connectivity index (χ1v) is 9.95. The summed E-state index contributed by atoms with van der Waals surface area (Å²) >= 11 is 0.